The van der Waals surface area contributed by atoms with Crippen LogP contribution in [0.2, 0.25) is 0 Å². The highest BCUT2D eigenvalue weighted by Gasteiger charge is 2.19. The number of aromatic hydroxyl groups is 2. The number of ether oxygens (including phenoxy) is 1. The second kappa shape index (κ2) is 7.77. The van der Waals surface area contributed by atoms with Crippen LogP contribution in [0, 0.1) is 10.1 Å². The van der Waals surface area contributed by atoms with Gasteiger partial charge in [-0.25, -0.2) is 5.43 Å². The van der Waals surface area contributed by atoms with Crippen LogP contribution in [-0.2, 0) is 0 Å². The lowest BCUT2D eigenvalue weighted by atomic mass is 10.2. The largest absolute Gasteiger partial charge is 0.507 e. The van der Waals surface area contributed by atoms with Crippen molar-refractivity contribution in [3.05, 3.63) is 57.6 Å². The van der Waals surface area contributed by atoms with E-state index in [4.69, 9.17) is 4.74 Å². The Hall–Kier alpha value is -3.62. The van der Waals surface area contributed by atoms with Crippen LogP contribution in [0.5, 0.6) is 17.2 Å². The highest BCUT2D eigenvalue weighted by molar-refractivity contribution is 5.97. The van der Waals surface area contributed by atoms with Crippen LogP contribution < -0.4 is 10.2 Å². The number of carbonyl (C=O) groups excluding carboxylic acids is 1. The summed E-state index contributed by atoms with van der Waals surface area (Å²) in [5.74, 6) is -1.49. The minimum absolute atomic E-state index is 0.0337. The van der Waals surface area contributed by atoms with Gasteiger partial charge < -0.3 is 14.9 Å². The highest BCUT2D eigenvalue weighted by atomic mass is 16.6. The SMILES string of the molecule is CCOc1cc(/C=N/NC(=O)c2ccccc2O)cc([N+](=O)[O-])c1O. The summed E-state index contributed by atoms with van der Waals surface area (Å²) in [6, 6.07) is 8.36. The van der Waals surface area contributed by atoms with Crippen LogP contribution >= 0.6 is 0 Å². The van der Waals surface area contributed by atoms with E-state index in [2.05, 4.69) is 10.5 Å². The first kappa shape index (κ1) is 17.7. The number of phenols is 2. The van der Waals surface area contributed by atoms with Crippen LogP contribution in [0.3, 0.4) is 0 Å². The summed E-state index contributed by atoms with van der Waals surface area (Å²) in [5.41, 5.74) is 1.93. The number of hydrogen-bond acceptors (Lipinski definition) is 7. The molecule has 25 heavy (non-hydrogen) atoms. The monoisotopic (exact) mass is 345 g/mol. The minimum atomic E-state index is -0.754. The maximum Gasteiger partial charge on any atom is 0.315 e. The molecule has 0 aliphatic carbocycles. The number of nitrogens with zero attached hydrogens (tertiary/aromatic N) is 2. The Kier molecular flexibility index (Phi) is 5.51. The molecule has 2 aromatic rings. The van der Waals surface area contributed by atoms with Gasteiger partial charge in [-0.2, -0.15) is 5.10 Å². The van der Waals surface area contributed by atoms with E-state index in [1.165, 1.54) is 18.2 Å². The van der Waals surface area contributed by atoms with Crippen LogP contribution in [0.4, 0.5) is 5.69 Å². The normalized spacial score (nSPS) is 10.6. The van der Waals surface area contributed by atoms with Gasteiger partial charge in [0.1, 0.15) is 5.75 Å². The number of carbonyl (C=O) groups is 1. The van der Waals surface area contributed by atoms with Gasteiger partial charge in [-0.1, -0.05) is 12.1 Å². The van der Waals surface area contributed by atoms with Gasteiger partial charge in [-0.3, -0.25) is 14.9 Å². The summed E-state index contributed by atoms with van der Waals surface area (Å²) in [6.45, 7) is 1.87. The second-order valence-corrected chi connectivity index (χ2v) is 4.79. The molecule has 9 heteroatoms. The number of hydrogen-bond donors (Lipinski definition) is 3. The Morgan fingerprint density at radius 2 is 2.08 bits per heavy atom. The van der Waals surface area contributed by atoms with E-state index < -0.39 is 22.3 Å². The predicted octanol–water partition coefficient (Wildman–Crippen LogP) is 2.17. The van der Waals surface area contributed by atoms with Crippen molar-refractivity contribution in [3.8, 4) is 17.2 Å². The first-order chi connectivity index (χ1) is 11.9. The summed E-state index contributed by atoms with van der Waals surface area (Å²) < 4.78 is 5.14. The molecule has 0 aliphatic rings. The molecule has 0 heterocycles. The highest BCUT2D eigenvalue weighted by Crippen LogP contribution is 2.36. The number of nitro groups is 1. The van der Waals surface area contributed by atoms with Gasteiger partial charge in [-0.05, 0) is 25.1 Å². The van der Waals surface area contributed by atoms with Crippen molar-refractivity contribution < 1.29 is 24.7 Å². The molecule has 0 radical (unpaired) electrons. The number of hydrazone groups is 1. The lowest BCUT2D eigenvalue weighted by molar-refractivity contribution is -0.386. The van der Waals surface area contributed by atoms with Crippen LogP contribution in [0.15, 0.2) is 41.5 Å². The van der Waals surface area contributed by atoms with Crippen molar-refractivity contribution in [1.29, 1.82) is 0 Å². The van der Waals surface area contributed by atoms with E-state index in [1.54, 1.807) is 19.1 Å². The molecule has 0 spiro atoms. The molecule has 2 rings (SSSR count). The topological polar surface area (TPSA) is 134 Å². The Morgan fingerprint density at radius 1 is 1.36 bits per heavy atom. The van der Waals surface area contributed by atoms with Gasteiger partial charge in [0.25, 0.3) is 5.91 Å². The molecule has 0 unspecified atom stereocenters. The van der Waals surface area contributed by atoms with E-state index in [9.17, 15) is 25.1 Å². The zero-order valence-electron chi connectivity index (χ0n) is 13.2. The fraction of sp³-hybridized carbons (Fsp3) is 0.125. The van der Waals surface area contributed by atoms with E-state index in [0.29, 0.717) is 0 Å². The van der Waals surface area contributed by atoms with E-state index in [0.717, 1.165) is 12.3 Å². The molecule has 1 amide bonds. The Morgan fingerprint density at radius 3 is 2.72 bits per heavy atom. The Labute approximate surface area is 142 Å². The van der Waals surface area contributed by atoms with Crippen molar-refractivity contribution in [2.45, 2.75) is 6.92 Å². The molecule has 0 fully saturated rings. The smallest absolute Gasteiger partial charge is 0.315 e. The summed E-state index contributed by atoms with van der Waals surface area (Å²) in [4.78, 5) is 22.1. The lowest BCUT2D eigenvalue weighted by Gasteiger charge is -2.07. The maximum absolute atomic E-state index is 11.9. The summed E-state index contributed by atoms with van der Waals surface area (Å²) in [7, 11) is 0. The van der Waals surface area contributed by atoms with Gasteiger partial charge in [0.15, 0.2) is 5.75 Å². The van der Waals surface area contributed by atoms with Crippen molar-refractivity contribution in [1.82, 2.24) is 5.43 Å². The molecule has 0 aromatic heterocycles. The molecule has 2 aromatic carbocycles. The third-order valence-electron chi connectivity index (χ3n) is 3.10. The fourth-order valence-electron chi connectivity index (χ4n) is 1.98. The molecular weight excluding hydrogens is 330 g/mol. The third-order valence-corrected chi connectivity index (χ3v) is 3.10. The van der Waals surface area contributed by atoms with Gasteiger partial charge >= 0.3 is 5.69 Å². The standard InChI is InChI=1S/C16H15N3O6/c1-2-25-14-8-10(7-12(15(14)21)19(23)24)9-17-18-16(22)11-5-3-4-6-13(11)20/h3-9,20-21H,2H2,1H3,(H,18,22)/b17-9+. The maximum atomic E-state index is 11.9. The van der Waals surface area contributed by atoms with Crippen molar-refractivity contribution >= 4 is 17.8 Å². The number of benzene rings is 2. The molecule has 0 bridgehead atoms. The number of nitro benzene ring substituents is 1. The van der Waals surface area contributed by atoms with Crippen molar-refractivity contribution in [2.24, 2.45) is 5.10 Å². The number of phenolic OH excluding ortho intramolecular Hbond substituents is 2. The zero-order chi connectivity index (χ0) is 18.4. The predicted molar refractivity (Wildman–Crippen MR) is 89.1 cm³/mol. The number of nitrogens with one attached hydrogen (secondary N) is 1. The van der Waals surface area contributed by atoms with E-state index in [1.807, 2.05) is 0 Å². The molecule has 9 nitrogen and oxygen atoms in total. The van der Waals surface area contributed by atoms with Gasteiger partial charge in [0.05, 0.1) is 23.3 Å². The van der Waals surface area contributed by atoms with Gasteiger partial charge in [0.2, 0.25) is 5.75 Å². The quantitative estimate of drug-likeness (QED) is 0.417. The average Bonchev–Trinajstić information content (AvgIpc) is 2.57. The number of amides is 1. The van der Waals surface area contributed by atoms with Crippen molar-refractivity contribution in [2.75, 3.05) is 6.61 Å². The van der Waals surface area contributed by atoms with Crippen molar-refractivity contribution in [3.63, 3.8) is 0 Å². The lowest BCUT2D eigenvalue weighted by Crippen LogP contribution is -2.17. The van der Waals surface area contributed by atoms with E-state index >= 15 is 0 Å². The third kappa shape index (κ3) is 4.22. The fourth-order valence-corrected chi connectivity index (χ4v) is 1.98. The average molecular weight is 345 g/mol. The van der Waals surface area contributed by atoms with Crippen LogP contribution in [0.1, 0.15) is 22.8 Å². The minimum Gasteiger partial charge on any atom is -0.507 e. The van der Waals surface area contributed by atoms with E-state index in [-0.39, 0.29) is 29.2 Å². The first-order valence-corrected chi connectivity index (χ1v) is 7.19. The van der Waals surface area contributed by atoms with Crippen LogP contribution in [0.25, 0.3) is 0 Å². The second-order valence-electron chi connectivity index (χ2n) is 4.79. The molecule has 0 atom stereocenters. The Bertz CT molecular complexity index is 835. The van der Waals surface area contributed by atoms with Gasteiger partial charge in [0, 0.05) is 11.6 Å². The molecule has 130 valence electrons. The Balaban J connectivity index is 2.21. The summed E-state index contributed by atoms with van der Waals surface area (Å²) in [6.07, 6.45) is 1.16. The number of rotatable bonds is 6. The molecule has 0 saturated carbocycles. The number of para-hydroxylation sites is 1. The summed E-state index contributed by atoms with van der Waals surface area (Å²) in [5, 5.41) is 34.1. The first-order valence-electron chi connectivity index (χ1n) is 7.19. The van der Waals surface area contributed by atoms with Gasteiger partial charge in [-0.15, -0.1) is 0 Å². The summed E-state index contributed by atoms with van der Waals surface area (Å²) >= 11 is 0. The molecular formula is C16H15N3O6. The molecule has 0 saturated heterocycles. The zero-order valence-corrected chi connectivity index (χ0v) is 13.2. The molecule has 3 N–H and O–H groups in total. The van der Waals surface area contributed by atoms with Crippen LogP contribution in [-0.4, -0.2) is 33.9 Å². The molecule has 0 aliphatic heterocycles.